The summed E-state index contributed by atoms with van der Waals surface area (Å²) in [5, 5.41) is 0. The summed E-state index contributed by atoms with van der Waals surface area (Å²) in [6.07, 6.45) is 0.631. The van der Waals surface area contributed by atoms with Crippen LogP contribution < -0.4 is 4.74 Å². The van der Waals surface area contributed by atoms with E-state index in [9.17, 15) is 13.2 Å². The summed E-state index contributed by atoms with van der Waals surface area (Å²) in [6, 6.07) is 3.38. The van der Waals surface area contributed by atoms with Crippen LogP contribution in [0.1, 0.15) is 11.1 Å². The zero-order valence-electron chi connectivity index (χ0n) is 12.8. The smallest absolute Gasteiger partial charge is 0.243 e. The van der Waals surface area contributed by atoms with Gasteiger partial charge in [0.05, 0.1) is 18.6 Å². The molecule has 0 saturated carbocycles. The van der Waals surface area contributed by atoms with Gasteiger partial charge >= 0.3 is 0 Å². The summed E-state index contributed by atoms with van der Waals surface area (Å²) >= 11 is 0. The van der Waals surface area contributed by atoms with E-state index in [4.69, 9.17) is 9.47 Å². The maximum absolute atomic E-state index is 12.6. The van der Waals surface area contributed by atoms with Crippen molar-refractivity contribution in [3.8, 4) is 5.75 Å². The third kappa shape index (κ3) is 4.26. The monoisotopic (exact) mass is 315 g/mol. The van der Waals surface area contributed by atoms with Crippen LogP contribution in [0.5, 0.6) is 5.75 Å². The Kier molecular flexibility index (Phi) is 6.32. The van der Waals surface area contributed by atoms with Crippen LogP contribution in [0.4, 0.5) is 0 Å². The number of rotatable bonds is 8. The van der Waals surface area contributed by atoms with Crippen molar-refractivity contribution in [1.29, 1.82) is 0 Å². The first-order valence-corrected chi connectivity index (χ1v) is 7.91. The SMILES string of the molecule is COc1cc(C)c(S(=O)(=O)N(C)CCOCC=O)c(C)c1. The number of methoxy groups -OCH3 is 1. The van der Waals surface area contributed by atoms with Crippen molar-refractivity contribution in [3.05, 3.63) is 23.3 Å². The number of hydrogen-bond donors (Lipinski definition) is 0. The Labute approximate surface area is 125 Å². The van der Waals surface area contributed by atoms with Crippen molar-refractivity contribution in [3.63, 3.8) is 0 Å². The second-order valence-electron chi connectivity index (χ2n) is 4.66. The lowest BCUT2D eigenvalue weighted by atomic mass is 10.1. The van der Waals surface area contributed by atoms with Gasteiger partial charge < -0.3 is 14.3 Å². The second-order valence-corrected chi connectivity index (χ2v) is 6.64. The highest BCUT2D eigenvalue weighted by molar-refractivity contribution is 7.89. The number of hydrogen-bond acceptors (Lipinski definition) is 5. The van der Waals surface area contributed by atoms with Crippen LogP contribution in [0.2, 0.25) is 0 Å². The van der Waals surface area contributed by atoms with Gasteiger partial charge in [-0.1, -0.05) is 0 Å². The topological polar surface area (TPSA) is 72.9 Å². The molecule has 0 atom stereocenters. The molecule has 0 saturated heterocycles. The van der Waals surface area contributed by atoms with E-state index in [1.807, 2.05) is 0 Å². The summed E-state index contributed by atoms with van der Waals surface area (Å²) in [6.45, 7) is 3.79. The van der Waals surface area contributed by atoms with E-state index in [1.165, 1.54) is 11.4 Å². The quantitative estimate of drug-likeness (QED) is 0.531. The maximum Gasteiger partial charge on any atom is 0.243 e. The molecule has 0 aliphatic carbocycles. The Balaban J connectivity index is 2.99. The first kappa shape index (κ1) is 17.6. The first-order chi connectivity index (χ1) is 9.84. The van der Waals surface area contributed by atoms with Crippen molar-refractivity contribution in [1.82, 2.24) is 4.31 Å². The summed E-state index contributed by atoms with van der Waals surface area (Å²) < 4.78 is 36.5. The highest BCUT2D eigenvalue weighted by Gasteiger charge is 2.25. The molecule has 7 heteroatoms. The molecule has 0 amide bonds. The highest BCUT2D eigenvalue weighted by atomic mass is 32.2. The zero-order chi connectivity index (χ0) is 16.0. The van der Waals surface area contributed by atoms with Gasteiger partial charge in [0.25, 0.3) is 0 Å². The van der Waals surface area contributed by atoms with Gasteiger partial charge in [0.15, 0.2) is 0 Å². The van der Waals surface area contributed by atoms with Crippen molar-refractivity contribution >= 4 is 16.3 Å². The molecule has 0 aliphatic rings. The number of aldehydes is 1. The van der Waals surface area contributed by atoms with Gasteiger partial charge in [-0.3, -0.25) is 0 Å². The van der Waals surface area contributed by atoms with E-state index in [0.29, 0.717) is 23.2 Å². The molecule has 0 N–H and O–H groups in total. The lowest BCUT2D eigenvalue weighted by Crippen LogP contribution is -2.31. The van der Waals surface area contributed by atoms with Crippen molar-refractivity contribution in [2.75, 3.05) is 33.9 Å². The predicted octanol–water partition coefficient (Wildman–Crippen LogP) is 1.15. The summed E-state index contributed by atoms with van der Waals surface area (Å²) in [4.78, 5) is 10.4. The van der Waals surface area contributed by atoms with Crippen molar-refractivity contribution in [2.45, 2.75) is 18.7 Å². The van der Waals surface area contributed by atoms with Gasteiger partial charge in [0.2, 0.25) is 10.0 Å². The number of carbonyl (C=O) groups is 1. The Hall–Kier alpha value is -1.44. The molecular formula is C14H21NO5S. The van der Waals surface area contributed by atoms with E-state index < -0.39 is 10.0 Å². The molecule has 1 rings (SSSR count). The fourth-order valence-corrected chi connectivity index (χ4v) is 3.59. The van der Waals surface area contributed by atoms with Gasteiger partial charge in [-0.05, 0) is 37.1 Å². The maximum atomic E-state index is 12.6. The van der Waals surface area contributed by atoms with Crippen molar-refractivity contribution < 1.29 is 22.7 Å². The molecule has 1 aromatic carbocycles. The van der Waals surface area contributed by atoms with Crippen LogP contribution in [-0.2, 0) is 19.6 Å². The normalized spacial score (nSPS) is 11.7. The van der Waals surface area contributed by atoms with Crippen LogP contribution in [-0.4, -0.2) is 52.9 Å². The fraction of sp³-hybridized carbons (Fsp3) is 0.500. The van der Waals surface area contributed by atoms with Gasteiger partial charge in [0, 0.05) is 13.6 Å². The van der Waals surface area contributed by atoms with Crippen LogP contribution in [0.3, 0.4) is 0 Å². The number of sulfonamides is 1. The van der Waals surface area contributed by atoms with E-state index in [2.05, 4.69) is 0 Å². The first-order valence-electron chi connectivity index (χ1n) is 6.47. The summed E-state index contributed by atoms with van der Waals surface area (Å²) in [5.74, 6) is 0.626. The number of nitrogens with zero attached hydrogens (tertiary/aromatic N) is 1. The molecule has 1 aromatic rings. The molecule has 21 heavy (non-hydrogen) atoms. The molecule has 0 radical (unpaired) electrons. The number of benzene rings is 1. The molecule has 0 bridgehead atoms. The predicted molar refractivity (Wildman–Crippen MR) is 79.2 cm³/mol. The van der Waals surface area contributed by atoms with Gasteiger partial charge in [0.1, 0.15) is 18.6 Å². The van der Waals surface area contributed by atoms with Gasteiger partial charge in [-0.25, -0.2) is 8.42 Å². The number of likely N-dealkylation sites (N-methyl/N-ethyl adjacent to an activating group) is 1. The van der Waals surface area contributed by atoms with Crippen LogP contribution >= 0.6 is 0 Å². The number of carbonyl (C=O) groups excluding carboxylic acids is 1. The Morgan fingerprint density at radius 1 is 1.24 bits per heavy atom. The molecule has 0 aromatic heterocycles. The van der Waals surface area contributed by atoms with E-state index >= 15 is 0 Å². The summed E-state index contributed by atoms with van der Waals surface area (Å²) in [7, 11) is -0.574. The molecular weight excluding hydrogens is 294 g/mol. The second kappa shape index (κ2) is 7.53. The number of ether oxygens (including phenoxy) is 2. The summed E-state index contributed by atoms with van der Waals surface area (Å²) in [5.41, 5.74) is 1.26. The van der Waals surface area contributed by atoms with Crippen LogP contribution in [0.25, 0.3) is 0 Å². The minimum absolute atomic E-state index is 0.0333. The van der Waals surface area contributed by atoms with Crippen LogP contribution in [0.15, 0.2) is 17.0 Å². The number of aryl methyl sites for hydroxylation is 2. The van der Waals surface area contributed by atoms with E-state index in [-0.39, 0.29) is 24.7 Å². The fourth-order valence-electron chi connectivity index (χ4n) is 2.04. The Morgan fingerprint density at radius 3 is 2.29 bits per heavy atom. The van der Waals surface area contributed by atoms with Gasteiger partial charge in [-0.2, -0.15) is 4.31 Å². The third-order valence-electron chi connectivity index (χ3n) is 3.07. The minimum Gasteiger partial charge on any atom is -0.497 e. The molecule has 0 heterocycles. The molecule has 6 nitrogen and oxygen atoms in total. The van der Waals surface area contributed by atoms with Gasteiger partial charge in [-0.15, -0.1) is 0 Å². The minimum atomic E-state index is -3.60. The average molecular weight is 315 g/mol. The van der Waals surface area contributed by atoms with Crippen LogP contribution in [0, 0.1) is 13.8 Å². The standard InChI is InChI=1S/C14H21NO5S/c1-11-9-13(19-4)10-12(2)14(11)21(17,18)15(3)5-7-20-8-6-16/h6,9-10H,5,7-8H2,1-4H3. The molecule has 0 aliphatic heterocycles. The molecule has 0 spiro atoms. The molecule has 0 fully saturated rings. The van der Waals surface area contributed by atoms with E-state index in [0.717, 1.165) is 0 Å². The highest BCUT2D eigenvalue weighted by Crippen LogP contribution is 2.27. The Morgan fingerprint density at radius 2 is 1.81 bits per heavy atom. The Bertz CT molecular complexity index is 574. The zero-order valence-corrected chi connectivity index (χ0v) is 13.6. The average Bonchev–Trinajstić information content (AvgIpc) is 2.42. The third-order valence-corrected chi connectivity index (χ3v) is 5.24. The van der Waals surface area contributed by atoms with Crippen molar-refractivity contribution in [2.24, 2.45) is 0 Å². The largest absolute Gasteiger partial charge is 0.497 e. The molecule has 0 unspecified atom stereocenters. The van der Waals surface area contributed by atoms with E-state index in [1.54, 1.807) is 33.1 Å². The lowest BCUT2D eigenvalue weighted by Gasteiger charge is -2.20. The lowest BCUT2D eigenvalue weighted by molar-refractivity contribution is -0.111. The molecule has 118 valence electrons.